The molecule has 0 unspecified atom stereocenters. The first-order chi connectivity index (χ1) is 31.2. The molecule has 2 N–H and O–H groups in total. The van der Waals surface area contributed by atoms with E-state index in [-0.39, 0.29) is 62.2 Å². The first-order valence-electron chi connectivity index (χ1n) is 22.2. The first kappa shape index (κ1) is 44.3. The van der Waals surface area contributed by atoms with Crippen molar-refractivity contribution >= 4 is 28.1 Å². The number of likely N-dealkylation sites (N-methyl/N-ethyl adjacent to an activating group) is 1. The van der Waals surface area contributed by atoms with Crippen molar-refractivity contribution in [2.75, 3.05) is 26.9 Å². The highest BCUT2D eigenvalue weighted by Gasteiger charge is 2.65. The molecule has 0 radical (unpaired) electrons. The minimum atomic E-state index is -1.44. The number of nitro benzene ring substituents is 1. The predicted octanol–water partition coefficient (Wildman–Crippen LogP) is 10.1. The number of hydrogen-bond donors (Lipinski definition) is 2. The summed E-state index contributed by atoms with van der Waals surface area (Å²) in [5.74, 6) is -1.08. The van der Waals surface area contributed by atoms with Crippen LogP contribution in [-0.4, -0.2) is 70.4 Å². The van der Waals surface area contributed by atoms with E-state index in [9.17, 15) is 25.1 Å². The fourth-order valence-electron chi connectivity index (χ4n) is 10.0. The number of amides is 1. The maximum absolute atomic E-state index is 14.9. The molecule has 12 heteroatoms. The SMILES string of the molecule is C=CCO[C@@]12Oc3ccc(Oc4cccc([N+](=O)[O-])c4)cc3[C@H]3[C@H](CCCCO)[C@@H](CCCCO)C=C(C(=NOCc4ccccc4)C[C@@H]1N(C)C(=O)c1ccc4ccccc4c1)[C@H]32. The van der Waals surface area contributed by atoms with Gasteiger partial charge >= 0.3 is 0 Å². The summed E-state index contributed by atoms with van der Waals surface area (Å²) >= 11 is 0. The third-order valence-corrected chi connectivity index (χ3v) is 12.9. The summed E-state index contributed by atoms with van der Waals surface area (Å²) in [5, 5.41) is 38.5. The Kier molecular flexibility index (Phi) is 13.8. The number of fused-ring (bicyclic) bond motifs is 3. The zero-order valence-electron chi connectivity index (χ0n) is 36.1. The summed E-state index contributed by atoms with van der Waals surface area (Å²) in [6.07, 6.45) is 8.61. The van der Waals surface area contributed by atoms with Gasteiger partial charge in [-0.05, 0) is 95.8 Å². The zero-order chi connectivity index (χ0) is 44.6. The Labute approximate surface area is 373 Å². The molecule has 1 heterocycles. The topological polar surface area (TPSA) is 153 Å². The molecule has 64 heavy (non-hydrogen) atoms. The summed E-state index contributed by atoms with van der Waals surface area (Å²) < 4.78 is 20.7. The predicted molar refractivity (Wildman–Crippen MR) is 245 cm³/mol. The molecule has 0 saturated heterocycles. The van der Waals surface area contributed by atoms with Crippen molar-refractivity contribution in [2.24, 2.45) is 22.9 Å². The maximum atomic E-state index is 14.9. The van der Waals surface area contributed by atoms with E-state index in [1.54, 1.807) is 36.2 Å². The minimum absolute atomic E-state index is 0.00635. The summed E-state index contributed by atoms with van der Waals surface area (Å²) in [4.78, 5) is 34.1. The van der Waals surface area contributed by atoms with E-state index >= 15 is 0 Å². The van der Waals surface area contributed by atoms with Crippen molar-refractivity contribution in [1.82, 2.24) is 4.90 Å². The number of ether oxygens (including phenoxy) is 3. The Morgan fingerprint density at radius 3 is 2.42 bits per heavy atom. The van der Waals surface area contributed by atoms with Gasteiger partial charge in [0.1, 0.15) is 29.9 Å². The molecule has 1 saturated carbocycles. The number of allylic oxidation sites excluding steroid dienone is 1. The van der Waals surface area contributed by atoms with Crippen LogP contribution in [0.5, 0.6) is 17.2 Å². The Bertz CT molecular complexity index is 2520. The minimum Gasteiger partial charge on any atom is -0.459 e. The average Bonchev–Trinajstić information content (AvgIpc) is 3.32. The summed E-state index contributed by atoms with van der Waals surface area (Å²) in [7, 11) is 1.79. The number of benzene rings is 5. The second-order valence-corrected chi connectivity index (χ2v) is 16.9. The van der Waals surface area contributed by atoms with Crippen LogP contribution in [0, 0.1) is 27.9 Å². The van der Waals surface area contributed by atoms with Gasteiger partial charge in [0.2, 0.25) is 5.79 Å². The van der Waals surface area contributed by atoms with E-state index in [1.807, 2.05) is 84.9 Å². The number of aliphatic hydroxyl groups excluding tert-OH is 2. The number of unbranched alkanes of at least 4 members (excludes halogenated alkanes) is 2. The normalized spacial score (nSPS) is 22.7. The number of carbonyl (C=O) groups excluding carboxylic acids is 1. The van der Waals surface area contributed by atoms with Crippen molar-refractivity contribution in [3.63, 3.8) is 0 Å². The number of hydrogen-bond acceptors (Lipinski definition) is 10. The molecule has 5 aromatic rings. The van der Waals surface area contributed by atoms with Gasteiger partial charge < -0.3 is 34.2 Å². The van der Waals surface area contributed by atoms with Gasteiger partial charge in [0, 0.05) is 49.8 Å². The van der Waals surface area contributed by atoms with Crippen molar-refractivity contribution < 1.29 is 39.0 Å². The smallest absolute Gasteiger partial charge is 0.273 e. The van der Waals surface area contributed by atoms with Crippen LogP contribution in [0.15, 0.2) is 145 Å². The Balaban J connectivity index is 1.31. The molecule has 0 aromatic heterocycles. The van der Waals surface area contributed by atoms with Gasteiger partial charge in [-0.1, -0.05) is 96.9 Å². The van der Waals surface area contributed by atoms with E-state index < -0.39 is 22.7 Å². The van der Waals surface area contributed by atoms with Gasteiger partial charge in [-0.15, -0.1) is 6.58 Å². The lowest BCUT2D eigenvalue weighted by molar-refractivity contribution is -0.384. The van der Waals surface area contributed by atoms with Crippen molar-refractivity contribution in [3.05, 3.63) is 166 Å². The third kappa shape index (κ3) is 9.17. The van der Waals surface area contributed by atoms with Crippen LogP contribution in [0.2, 0.25) is 0 Å². The van der Waals surface area contributed by atoms with Crippen LogP contribution in [-0.2, 0) is 16.2 Å². The van der Waals surface area contributed by atoms with Crippen LogP contribution >= 0.6 is 0 Å². The fourth-order valence-corrected chi connectivity index (χ4v) is 10.0. The number of carbonyl (C=O) groups is 1. The maximum Gasteiger partial charge on any atom is 0.273 e. The Morgan fingerprint density at radius 1 is 0.906 bits per heavy atom. The second kappa shape index (κ2) is 20.0. The van der Waals surface area contributed by atoms with Crippen LogP contribution in [0.1, 0.15) is 72.3 Å². The summed E-state index contributed by atoms with van der Waals surface area (Å²) in [5.41, 5.74) is 3.85. The molecule has 1 fully saturated rings. The van der Waals surface area contributed by atoms with Crippen LogP contribution in [0.4, 0.5) is 5.69 Å². The highest BCUT2D eigenvalue weighted by molar-refractivity contribution is 6.04. The van der Waals surface area contributed by atoms with Gasteiger partial charge in [-0.3, -0.25) is 14.9 Å². The monoisotopic (exact) mass is 865 g/mol. The van der Waals surface area contributed by atoms with E-state index in [0.717, 1.165) is 53.2 Å². The van der Waals surface area contributed by atoms with Crippen molar-refractivity contribution in [1.29, 1.82) is 0 Å². The van der Waals surface area contributed by atoms with Crippen LogP contribution in [0.3, 0.4) is 0 Å². The largest absolute Gasteiger partial charge is 0.459 e. The van der Waals surface area contributed by atoms with Crippen LogP contribution in [0.25, 0.3) is 10.8 Å². The van der Waals surface area contributed by atoms with Gasteiger partial charge in [0.25, 0.3) is 11.6 Å². The number of aliphatic hydroxyl groups is 2. The number of rotatable bonds is 19. The lowest BCUT2D eigenvalue weighted by Gasteiger charge is -2.59. The molecule has 6 atom stereocenters. The van der Waals surface area contributed by atoms with E-state index in [4.69, 9.17) is 24.2 Å². The fraction of sp³-hybridized carbons (Fsp3) is 0.346. The number of non-ortho nitro benzene ring substituents is 1. The molecule has 332 valence electrons. The van der Waals surface area contributed by atoms with Gasteiger partial charge in [-0.25, -0.2) is 0 Å². The highest BCUT2D eigenvalue weighted by atomic mass is 16.7. The number of nitrogens with zero attached hydrogens (tertiary/aromatic N) is 3. The van der Waals surface area contributed by atoms with Crippen molar-refractivity contribution in [3.8, 4) is 17.2 Å². The molecule has 8 rings (SSSR count). The Morgan fingerprint density at radius 2 is 1.66 bits per heavy atom. The molecule has 5 aromatic carbocycles. The molecule has 0 bridgehead atoms. The lowest BCUT2D eigenvalue weighted by atomic mass is 9.55. The second-order valence-electron chi connectivity index (χ2n) is 16.9. The quantitative estimate of drug-likeness (QED) is 0.0357. The van der Waals surface area contributed by atoms with Gasteiger partial charge in [-0.2, -0.15) is 0 Å². The number of oxime groups is 1. The Hall–Kier alpha value is -6.34. The summed E-state index contributed by atoms with van der Waals surface area (Å²) in [6, 6.07) is 34.5. The molecule has 1 amide bonds. The van der Waals surface area contributed by atoms with E-state index in [1.165, 1.54) is 12.1 Å². The molecule has 3 aliphatic rings. The molecule has 1 aliphatic heterocycles. The summed E-state index contributed by atoms with van der Waals surface area (Å²) in [6.45, 7) is 4.53. The highest BCUT2D eigenvalue weighted by Crippen LogP contribution is 2.62. The zero-order valence-corrected chi connectivity index (χ0v) is 36.1. The lowest BCUT2D eigenvalue weighted by Crippen LogP contribution is -2.69. The van der Waals surface area contributed by atoms with Gasteiger partial charge in [0.05, 0.1) is 29.2 Å². The molecule has 12 nitrogen and oxygen atoms in total. The molecular weight excluding hydrogens is 811 g/mol. The van der Waals surface area contributed by atoms with Gasteiger partial charge in [0.15, 0.2) is 0 Å². The van der Waals surface area contributed by atoms with E-state index in [0.29, 0.717) is 41.4 Å². The average molecular weight is 866 g/mol. The first-order valence-corrected chi connectivity index (χ1v) is 22.2. The van der Waals surface area contributed by atoms with Crippen molar-refractivity contribution in [2.45, 2.75) is 69.3 Å². The molecule has 0 spiro atoms. The number of nitro groups is 1. The molecule has 2 aliphatic carbocycles. The van der Waals surface area contributed by atoms with Crippen LogP contribution < -0.4 is 9.47 Å². The molecular formula is C52H55N3O9. The third-order valence-electron chi connectivity index (χ3n) is 12.9. The standard InChI is InChI=1S/C52H55N3O9/c1-3-28-61-52-48(54(2)51(58)39-23-22-36-16-7-8-17-37(36)29-39)33-46(53-62-34-35-14-5-4-6-15-35)44-30-38(18-9-11-26-56)43(21-10-12-27-57)49(50(44)52)45-32-42(24-25-47(45)64-52)63-41-20-13-19-40(31-41)55(59)60/h3-8,13-17,19-20,22-25,29-32,38,43,48-50,56-57H,1,9-12,18,21,26-28,33-34H2,2H3/t38-,43+,48-,49+,50+,52+/m0/s1. The van der Waals surface area contributed by atoms with E-state index in [2.05, 4.69) is 12.7 Å².